The number of rotatable bonds is 1. The molecular formula is C8H12N2O. The zero-order valence-corrected chi connectivity index (χ0v) is 7.30. The van der Waals surface area contributed by atoms with E-state index in [9.17, 15) is 4.79 Å². The molecule has 0 aromatic carbocycles. The molecule has 0 bridgehead atoms. The van der Waals surface area contributed by atoms with Gasteiger partial charge in [-0.25, -0.2) is 4.98 Å². The van der Waals surface area contributed by atoms with E-state index in [4.69, 9.17) is 0 Å². The van der Waals surface area contributed by atoms with Crippen LogP contribution in [0, 0.1) is 13.8 Å². The largest absolute Gasteiger partial charge is 0.329 e. The average molecular weight is 152 g/mol. The van der Waals surface area contributed by atoms with E-state index in [2.05, 4.69) is 4.98 Å². The van der Waals surface area contributed by atoms with E-state index in [1.165, 1.54) is 0 Å². The van der Waals surface area contributed by atoms with Crippen molar-refractivity contribution in [1.29, 1.82) is 0 Å². The molecule has 1 aromatic heterocycles. The molecule has 0 aliphatic rings. The van der Waals surface area contributed by atoms with Gasteiger partial charge in [-0.1, -0.05) is 0 Å². The Morgan fingerprint density at radius 3 is 2.18 bits per heavy atom. The highest BCUT2D eigenvalue weighted by atomic mass is 16.1. The number of aryl methyl sites for hydroxylation is 2. The van der Waals surface area contributed by atoms with Crippen molar-refractivity contribution in [3.05, 3.63) is 17.2 Å². The minimum atomic E-state index is 0.0746. The van der Waals surface area contributed by atoms with Gasteiger partial charge in [-0.2, -0.15) is 0 Å². The lowest BCUT2D eigenvalue weighted by molar-refractivity contribution is 0.100. The van der Waals surface area contributed by atoms with Crippen LogP contribution in [0.15, 0.2) is 0 Å². The average Bonchev–Trinajstić information content (AvgIpc) is 2.07. The lowest BCUT2D eigenvalue weighted by Gasteiger charge is -1.98. The molecule has 1 heterocycles. The number of nitrogens with zero attached hydrogens (tertiary/aromatic N) is 2. The molecule has 1 rings (SSSR count). The summed E-state index contributed by atoms with van der Waals surface area (Å²) in [6, 6.07) is 0. The zero-order valence-electron chi connectivity index (χ0n) is 7.30. The van der Waals surface area contributed by atoms with Gasteiger partial charge in [0.25, 0.3) is 0 Å². The van der Waals surface area contributed by atoms with Crippen LogP contribution in [0.3, 0.4) is 0 Å². The monoisotopic (exact) mass is 152 g/mol. The summed E-state index contributed by atoms with van der Waals surface area (Å²) in [4.78, 5) is 15.2. The third kappa shape index (κ3) is 1.18. The molecule has 3 nitrogen and oxygen atoms in total. The molecule has 3 heteroatoms. The zero-order chi connectivity index (χ0) is 8.59. The maximum atomic E-state index is 11.0. The highest BCUT2D eigenvalue weighted by molar-refractivity contribution is 5.93. The van der Waals surface area contributed by atoms with Crippen LogP contribution in [0.4, 0.5) is 0 Å². The van der Waals surface area contributed by atoms with E-state index in [0.29, 0.717) is 5.69 Å². The van der Waals surface area contributed by atoms with Gasteiger partial charge < -0.3 is 4.57 Å². The molecule has 0 radical (unpaired) electrons. The predicted molar refractivity (Wildman–Crippen MR) is 42.7 cm³/mol. The first-order valence-corrected chi connectivity index (χ1v) is 3.55. The van der Waals surface area contributed by atoms with Crippen LogP contribution in [-0.2, 0) is 7.05 Å². The summed E-state index contributed by atoms with van der Waals surface area (Å²) < 4.78 is 1.82. The Hall–Kier alpha value is -1.12. The molecule has 0 amide bonds. The van der Waals surface area contributed by atoms with Crippen LogP contribution in [0.5, 0.6) is 0 Å². The topological polar surface area (TPSA) is 34.9 Å². The Balaban J connectivity index is 3.34. The van der Waals surface area contributed by atoms with E-state index < -0.39 is 0 Å². The van der Waals surface area contributed by atoms with Gasteiger partial charge >= 0.3 is 0 Å². The van der Waals surface area contributed by atoms with Gasteiger partial charge in [0.1, 0.15) is 11.5 Å². The summed E-state index contributed by atoms with van der Waals surface area (Å²) >= 11 is 0. The van der Waals surface area contributed by atoms with E-state index in [-0.39, 0.29) is 5.78 Å². The Bertz CT molecular complexity index is 299. The summed E-state index contributed by atoms with van der Waals surface area (Å²) in [5, 5.41) is 0. The summed E-state index contributed by atoms with van der Waals surface area (Å²) in [6.45, 7) is 5.30. The number of carbonyl (C=O) groups is 1. The standard InChI is InChI=1S/C8H12N2O/c1-5-8(6(2)11)10(4)7(3)9-5/h1-4H3. The van der Waals surface area contributed by atoms with Gasteiger partial charge in [0.05, 0.1) is 5.69 Å². The van der Waals surface area contributed by atoms with E-state index >= 15 is 0 Å². The molecule has 0 unspecified atom stereocenters. The number of hydrogen-bond donors (Lipinski definition) is 0. The van der Waals surface area contributed by atoms with Crippen LogP contribution in [-0.4, -0.2) is 15.3 Å². The van der Waals surface area contributed by atoms with Gasteiger partial charge in [0, 0.05) is 14.0 Å². The highest BCUT2D eigenvalue weighted by Crippen LogP contribution is 2.08. The molecule has 0 aliphatic carbocycles. The maximum Gasteiger partial charge on any atom is 0.178 e. The molecule has 0 N–H and O–H groups in total. The van der Waals surface area contributed by atoms with E-state index in [1.54, 1.807) is 6.92 Å². The number of imidazole rings is 1. The molecule has 0 aliphatic heterocycles. The molecule has 11 heavy (non-hydrogen) atoms. The van der Waals surface area contributed by atoms with Gasteiger partial charge in [-0.05, 0) is 13.8 Å². The van der Waals surface area contributed by atoms with Crippen molar-refractivity contribution < 1.29 is 4.79 Å². The third-order valence-corrected chi connectivity index (χ3v) is 1.83. The summed E-state index contributed by atoms with van der Waals surface area (Å²) in [6.07, 6.45) is 0. The summed E-state index contributed by atoms with van der Waals surface area (Å²) in [5.74, 6) is 0.957. The molecule has 0 saturated carbocycles. The van der Waals surface area contributed by atoms with Gasteiger partial charge in [-0.15, -0.1) is 0 Å². The maximum absolute atomic E-state index is 11.0. The molecular weight excluding hydrogens is 140 g/mol. The number of Topliss-reactive ketones (excluding diaryl/α,β-unsaturated/α-hetero) is 1. The first-order chi connectivity index (χ1) is 5.04. The third-order valence-electron chi connectivity index (χ3n) is 1.83. The Kier molecular flexibility index (Phi) is 1.81. The molecule has 60 valence electrons. The van der Waals surface area contributed by atoms with Crippen molar-refractivity contribution in [3.8, 4) is 0 Å². The number of ketones is 1. The Labute approximate surface area is 66.1 Å². The van der Waals surface area contributed by atoms with Crippen molar-refractivity contribution in [1.82, 2.24) is 9.55 Å². The van der Waals surface area contributed by atoms with Crippen LogP contribution in [0.2, 0.25) is 0 Å². The van der Waals surface area contributed by atoms with Crippen molar-refractivity contribution in [2.75, 3.05) is 0 Å². The second kappa shape index (κ2) is 2.49. The molecule has 0 spiro atoms. The summed E-state index contributed by atoms with van der Waals surface area (Å²) in [5.41, 5.74) is 1.53. The first-order valence-electron chi connectivity index (χ1n) is 3.55. The second-order valence-electron chi connectivity index (χ2n) is 2.71. The predicted octanol–water partition coefficient (Wildman–Crippen LogP) is 1.24. The molecule has 0 saturated heterocycles. The van der Waals surface area contributed by atoms with Gasteiger partial charge in [0.15, 0.2) is 5.78 Å². The quantitative estimate of drug-likeness (QED) is 0.567. The fourth-order valence-corrected chi connectivity index (χ4v) is 1.27. The van der Waals surface area contributed by atoms with Crippen LogP contribution < -0.4 is 0 Å². The fourth-order valence-electron chi connectivity index (χ4n) is 1.27. The Morgan fingerprint density at radius 1 is 1.45 bits per heavy atom. The normalized spacial score (nSPS) is 10.2. The number of hydrogen-bond acceptors (Lipinski definition) is 2. The van der Waals surface area contributed by atoms with Crippen LogP contribution in [0.25, 0.3) is 0 Å². The SMILES string of the molecule is CC(=O)c1c(C)nc(C)n1C. The van der Waals surface area contributed by atoms with Crippen molar-refractivity contribution in [3.63, 3.8) is 0 Å². The van der Waals surface area contributed by atoms with Crippen molar-refractivity contribution in [2.24, 2.45) is 7.05 Å². The van der Waals surface area contributed by atoms with Gasteiger partial charge in [0.2, 0.25) is 0 Å². The minimum Gasteiger partial charge on any atom is -0.329 e. The van der Waals surface area contributed by atoms with Crippen molar-refractivity contribution in [2.45, 2.75) is 20.8 Å². The van der Waals surface area contributed by atoms with E-state index in [1.807, 2.05) is 25.5 Å². The number of aromatic nitrogens is 2. The van der Waals surface area contributed by atoms with Crippen LogP contribution >= 0.6 is 0 Å². The molecule has 0 fully saturated rings. The van der Waals surface area contributed by atoms with Crippen LogP contribution in [0.1, 0.15) is 28.9 Å². The number of carbonyl (C=O) groups excluding carboxylic acids is 1. The highest BCUT2D eigenvalue weighted by Gasteiger charge is 2.11. The van der Waals surface area contributed by atoms with E-state index in [0.717, 1.165) is 11.5 Å². The first kappa shape index (κ1) is 7.98. The summed E-state index contributed by atoms with van der Waals surface area (Å²) in [7, 11) is 1.85. The minimum absolute atomic E-state index is 0.0746. The van der Waals surface area contributed by atoms with Gasteiger partial charge in [-0.3, -0.25) is 4.79 Å². The smallest absolute Gasteiger partial charge is 0.178 e. The molecule has 0 atom stereocenters. The fraction of sp³-hybridized carbons (Fsp3) is 0.500. The molecule has 1 aromatic rings. The lowest BCUT2D eigenvalue weighted by atomic mass is 10.2. The lowest BCUT2D eigenvalue weighted by Crippen LogP contribution is -2.03. The Morgan fingerprint density at radius 2 is 2.00 bits per heavy atom. The second-order valence-corrected chi connectivity index (χ2v) is 2.71. The van der Waals surface area contributed by atoms with Crippen molar-refractivity contribution >= 4 is 5.78 Å².